The predicted molar refractivity (Wildman–Crippen MR) is 84.6 cm³/mol. The minimum absolute atomic E-state index is 0.258. The molecule has 0 aromatic heterocycles. The molecular formula is C17H20ClNO. The second-order valence-electron chi connectivity index (χ2n) is 4.69. The van der Waals surface area contributed by atoms with Gasteiger partial charge < -0.3 is 10.1 Å². The fourth-order valence-electron chi connectivity index (χ4n) is 2.30. The monoisotopic (exact) mass is 289 g/mol. The maximum atomic E-state index is 6.09. The Morgan fingerprint density at radius 1 is 1.15 bits per heavy atom. The molecule has 0 aliphatic rings. The van der Waals surface area contributed by atoms with Gasteiger partial charge in [0.25, 0.3) is 0 Å². The molecule has 2 aromatic rings. The quantitative estimate of drug-likeness (QED) is 0.859. The van der Waals surface area contributed by atoms with Gasteiger partial charge in [0.2, 0.25) is 0 Å². The first-order chi connectivity index (χ1) is 9.74. The third kappa shape index (κ3) is 3.75. The van der Waals surface area contributed by atoms with Crippen LogP contribution < -0.4 is 10.1 Å². The molecule has 3 heteroatoms. The normalized spacial score (nSPS) is 12.2. The second kappa shape index (κ2) is 7.32. The van der Waals surface area contributed by atoms with Gasteiger partial charge in [-0.15, -0.1) is 0 Å². The number of benzene rings is 2. The molecule has 0 aliphatic carbocycles. The first-order valence-corrected chi connectivity index (χ1v) is 7.23. The Hall–Kier alpha value is -1.51. The van der Waals surface area contributed by atoms with E-state index in [0.717, 1.165) is 18.7 Å². The highest BCUT2D eigenvalue weighted by Crippen LogP contribution is 2.29. The van der Waals surface area contributed by atoms with E-state index in [1.54, 1.807) is 7.11 Å². The highest BCUT2D eigenvalue weighted by atomic mass is 35.5. The van der Waals surface area contributed by atoms with E-state index in [9.17, 15) is 0 Å². The van der Waals surface area contributed by atoms with E-state index >= 15 is 0 Å². The third-order valence-corrected chi connectivity index (χ3v) is 3.62. The summed E-state index contributed by atoms with van der Waals surface area (Å²) in [6.45, 7) is 3.04. The summed E-state index contributed by atoms with van der Waals surface area (Å²) in [6.07, 6.45) is 0.944. The van der Waals surface area contributed by atoms with Crippen molar-refractivity contribution in [3.05, 3.63) is 64.7 Å². The smallest absolute Gasteiger partial charge is 0.137 e. The van der Waals surface area contributed by atoms with E-state index in [1.807, 2.05) is 18.2 Å². The summed E-state index contributed by atoms with van der Waals surface area (Å²) < 4.78 is 5.30. The zero-order chi connectivity index (χ0) is 14.4. The van der Waals surface area contributed by atoms with Gasteiger partial charge in [-0.2, -0.15) is 0 Å². The minimum atomic E-state index is 0.258. The number of rotatable bonds is 6. The molecule has 2 nitrogen and oxygen atoms in total. The Kier molecular flexibility index (Phi) is 5.45. The molecule has 1 N–H and O–H groups in total. The molecule has 0 radical (unpaired) electrons. The van der Waals surface area contributed by atoms with E-state index in [1.165, 1.54) is 11.1 Å². The lowest BCUT2D eigenvalue weighted by Crippen LogP contribution is -2.23. The van der Waals surface area contributed by atoms with Gasteiger partial charge in [0.1, 0.15) is 5.75 Å². The summed E-state index contributed by atoms with van der Waals surface area (Å²) in [5, 5.41) is 4.16. The van der Waals surface area contributed by atoms with Crippen LogP contribution in [0.3, 0.4) is 0 Å². The molecule has 0 spiro atoms. The maximum absolute atomic E-state index is 6.09. The third-order valence-electron chi connectivity index (χ3n) is 3.31. The van der Waals surface area contributed by atoms with Crippen LogP contribution in [0.25, 0.3) is 0 Å². The molecule has 0 fully saturated rings. The van der Waals surface area contributed by atoms with Crippen molar-refractivity contribution in [2.75, 3.05) is 13.7 Å². The van der Waals surface area contributed by atoms with Gasteiger partial charge in [-0.05, 0) is 36.2 Å². The van der Waals surface area contributed by atoms with Crippen molar-refractivity contribution in [1.29, 1.82) is 0 Å². The topological polar surface area (TPSA) is 21.3 Å². The molecule has 0 amide bonds. The van der Waals surface area contributed by atoms with Crippen LogP contribution in [0.4, 0.5) is 0 Å². The first kappa shape index (κ1) is 14.9. The summed E-state index contributed by atoms with van der Waals surface area (Å²) in [5.41, 5.74) is 2.50. The number of hydrogen-bond acceptors (Lipinski definition) is 2. The molecule has 2 aromatic carbocycles. The zero-order valence-corrected chi connectivity index (χ0v) is 12.7. The molecule has 20 heavy (non-hydrogen) atoms. The molecule has 0 heterocycles. The summed E-state index contributed by atoms with van der Waals surface area (Å²) in [7, 11) is 1.64. The summed E-state index contributed by atoms with van der Waals surface area (Å²) >= 11 is 6.09. The molecule has 1 atom stereocenters. The van der Waals surface area contributed by atoms with Crippen LogP contribution in [0.2, 0.25) is 5.02 Å². The Balaban J connectivity index is 2.24. The van der Waals surface area contributed by atoms with Gasteiger partial charge in [-0.3, -0.25) is 0 Å². The molecule has 0 aliphatic heterocycles. The molecule has 0 bridgehead atoms. The first-order valence-electron chi connectivity index (χ1n) is 6.85. The van der Waals surface area contributed by atoms with E-state index in [2.05, 4.69) is 42.6 Å². The van der Waals surface area contributed by atoms with Crippen molar-refractivity contribution < 1.29 is 4.74 Å². The molecule has 0 saturated carbocycles. The maximum Gasteiger partial charge on any atom is 0.137 e. The number of halogens is 1. The second-order valence-corrected chi connectivity index (χ2v) is 5.10. The molecule has 2 rings (SSSR count). The van der Waals surface area contributed by atoms with Gasteiger partial charge >= 0.3 is 0 Å². The number of hydrogen-bond donors (Lipinski definition) is 1. The Bertz CT molecular complexity index is 542. The molecule has 106 valence electrons. The fourth-order valence-corrected chi connectivity index (χ4v) is 2.49. The Morgan fingerprint density at radius 2 is 1.90 bits per heavy atom. The van der Waals surface area contributed by atoms with Gasteiger partial charge in [0.05, 0.1) is 12.1 Å². The average Bonchev–Trinajstić information content (AvgIpc) is 2.48. The lowest BCUT2D eigenvalue weighted by Gasteiger charge is -2.19. The SMILES string of the molecule is CCNC(Cc1ccccc1)c1ccc(Cl)c(OC)c1. The number of nitrogens with one attached hydrogen (secondary N) is 1. The van der Waals surface area contributed by atoms with E-state index in [-0.39, 0.29) is 6.04 Å². The van der Waals surface area contributed by atoms with Crippen LogP contribution >= 0.6 is 11.6 Å². The standard InChI is InChI=1S/C17H20ClNO/c1-3-19-16(11-13-7-5-4-6-8-13)14-9-10-15(18)17(12-14)20-2/h4-10,12,16,19H,3,11H2,1-2H3. The summed E-state index contributed by atoms with van der Waals surface area (Å²) in [4.78, 5) is 0. The van der Waals surface area contributed by atoms with Crippen LogP contribution in [0.5, 0.6) is 5.75 Å². The van der Waals surface area contributed by atoms with Gasteiger partial charge in [0, 0.05) is 6.04 Å². The average molecular weight is 290 g/mol. The van der Waals surface area contributed by atoms with Crippen LogP contribution in [-0.2, 0) is 6.42 Å². The number of ether oxygens (including phenoxy) is 1. The molecule has 0 saturated heterocycles. The van der Waals surface area contributed by atoms with Gasteiger partial charge in [-0.25, -0.2) is 0 Å². The van der Waals surface area contributed by atoms with Crippen LogP contribution in [0.1, 0.15) is 24.1 Å². The lowest BCUT2D eigenvalue weighted by molar-refractivity contribution is 0.413. The largest absolute Gasteiger partial charge is 0.495 e. The van der Waals surface area contributed by atoms with Crippen molar-refractivity contribution >= 4 is 11.6 Å². The lowest BCUT2D eigenvalue weighted by atomic mass is 9.98. The Labute approximate surface area is 125 Å². The summed E-state index contributed by atoms with van der Waals surface area (Å²) in [6, 6.07) is 16.7. The van der Waals surface area contributed by atoms with E-state index in [4.69, 9.17) is 16.3 Å². The van der Waals surface area contributed by atoms with Gasteiger partial charge in [-0.1, -0.05) is 54.9 Å². The van der Waals surface area contributed by atoms with Crippen molar-refractivity contribution in [2.24, 2.45) is 0 Å². The molecular weight excluding hydrogens is 270 g/mol. The van der Waals surface area contributed by atoms with Crippen LogP contribution in [0, 0.1) is 0 Å². The highest BCUT2D eigenvalue weighted by Gasteiger charge is 2.13. The van der Waals surface area contributed by atoms with Gasteiger partial charge in [0.15, 0.2) is 0 Å². The van der Waals surface area contributed by atoms with Crippen molar-refractivity contribution in [2.45, 2.75) is 19.4 Å². The van der Waals surface area contributed by atoms with E-state index in [0.29, 0.717) is 5.02 Å². The van der Waals surface area contributed by atoms with E-state index < -0.39 is 0 Å². The van der Waals surface area contributed by atoms with Crippen molar-refractivity contribution in [3.8, 4) is 5.75 Å². The minimum Gasteiger partial charge on any atom is -0.495 e. The predicted octanol–water partition coefficient (Wildman–Crippen LogP) is 4.24. The molecule has 1 unspecified atom stereocenters. The van der Waals surface area contributed by atoms with Crippen molar-refractivity contribution in [3.63, 3.8) is 0 Å². The summed E-state index contributed by atoms with van der Waals surface area (Å²) in [5.74, 6) is 0.722. The zero-order valence-electron chi connectivity index (χ0n) is 11.9. The fraction of sp³-hybridized carbons (Fsp3) is 0.294. The van der Waals surface area contributed by atoms with Crippen LogP contribution in [-0.4, -0.2) is 13.7 Å². The Morgan fingerprint density at radius 3 is 2.55 bits per heavy atom. The number of likely N-dealkylation sites (N-methyl/N-ethyl adjacent to an activating group) is 1. The van der Waals surface area contributed by atoms with Crippen LogP contribution in [0.15, 0.2) is 48.5 Å². The number of methoxy groups -OCH3 is 1. The highest BCUT2D eigenvalue weighted by molar-refractivity contribution is 6.32. The van der Waals surface area contributed by atoms with Crippen molar-refractivity contribution in [1.82, 2.24) is 5.32 Å².